The van der Waals surface area contributed by atoms with Gasteiger partial charge in [0.2, 0.25) is 0 Å². The van der Waals surface area contributed by atoms with Crippen LogP contribution < -0.4 is 0 Å². The van der Waals surface area contributed by atoms with Crippen LogP contribution in [0.4, 0.5) is 0 Å². The number of rotatable bonds is 0. The largest absolute Gasteiger partial charge is 1.00 e. The van der Waals surface area contributed by atoms with Crippen LogP contribution >= 0.6 is 11.3 Å². The summed E-state index contributed by atoms with van der Waals surface area (Å²) < 4.78 is 0. The molecule has 1 aromatic rings. The van der Waals surface area contributed by atoms with Crippen molar-refractivity contribution in [1.29, 1.82) is 0 Å². The Hall–Kier alpha value is 0.439. The Morgan fingerprint density at radius 1 is 1.57 bits per heavy atom. The van der Waals surface area contributed by atoms with Gasteiger partial charge in [-0.2, -0.15) is 16.2 Å². The molecule has 1 rings (SSSR count). The fourth-order valence-electron chi connectivity index (χ4n) is 0.252. The molecular formula is C4H3CuS2. The molecule has 0 aliphatic rings. The smallest absolute Gasteiger partial charge is 0.779 e. The maximum absolute atomic E-state index is 4.76. The molecule has 0 radical (unpaired) electrons. The fraction of sp³-hybridized carbons (Fsp3) is 0. The number of hydrogen-bond donors (Lipinski definition) is 0. The predicted octanol–water partition coefficient (Wildman–Crippen LogP) is 1.65. The summed E-state index contributed by atoms with van der Waals surface area (Å²) in [4.78, 5) is 0.944. The Morgan fingerprint density at radius 3 is 2.43 bits per heavy atom. The maximum atomic E-state index is 4.76. The first kappa shape index (κ1) is 7.44. The monoisotopic (exact) mass is 178 g/mol. The molecule has 0 nitrogen and oxygen atoms in total. The first-order valence-electron chi connectivity index (χ1n) is 1.59. The zero-order valence-electron chi connectivity index (χ0n) is 3.35. The van der Waals surface area contributed by atoms with Crippen LogP contribution in [0.1, 0.15) is 0 Å². The second kappa shape index (κ2) is 3.44. The van der Waals surface area contributed by atoms with Crippen molar-refractivity contribution >= 4 is 24.0 Å². The van der Waals surface area contributed by atoms with Crippen LogP contribution in [0.3, 0.4) is 0 Å². The third-order valence-electron chi connectivity index (χ3n) is 0.495. The SMILES string of the molecule is [Cu+].[S-]c1ccsc1. The summed E-state index contributed by atoms with van der Waals surface area (Å²) in [5, 5.41) is 3.91. The van der Waals surface area contributed by atoms with Crippen LogP contribution in [0.15, 0.2) is 21.7 Å². The van der Waals surface area contributed by atoms with Crippen molar-refractivity contribution in [3.05, 3.63) is 16.8 Å². The van der Waals surface area contributed by atoms with E-state index in [0.717, 1.165) is 4.90 Å². The topological polar surface area (TPSA) is 0 Å². The van der Waals surface area contributed by atoms with Gasteiger partial charge in [-0.15, -0.1) is 0 Å². The minimum absolute atomic E-state index is 0. The van der Waals surface area contributed by atoms with Crippen LogP contribution in [-0.2, 0) is 29.7 Å². The van der Waals surface area contributed by atoms with Gasteiger partial charge in [-0.3, -0.25) is 0 Å². The normalized spacial score (nSPS) is 7.43. The summed E-state index contributed by atoms with van der Waals surface area (Å²) in [5.41, 5.74) is 0. The molecule has 0 N–H and O–H groups in total. The summed E-state index contributed by atoms with van der Waals surface area (Å²) in [6.45, 7) is 0. The average Bonchev–Trinajstić information content (AvgIpc) is 1.86. The van der Waals surface area contributed by atoms with E-state index in [4.69, 9.17) is 12.6 Å². The van der Waals surface area contributed by atoms with Crippen molar-refractivity contribution in [3.63, 3.8) is 0 Å². The third kappa shape index (κ3) is 2.29. The maximum Gasteiger partial charge on any atom is 1.00 e. The molecule has 42 valence electrons. The van der Waals surface area contributed by atoms with Gasteiger partial charge in [0.15, 0.2) is 0 Å². The van der Waals surface area contributed by atoms with Gasteiger partial charge in [0, 0.05) is 0 Å². The first-order valence-corrected chi connectivity index (χ1v) is 2.94. The van der Waals surface area contributed by atoms with Crippen molar-refractivity contribution in [2.24, 2.45) is 0 Å². The third-order valence-corrected chi connectivity index (χ3v) is 1.58. The standard InChI is InChI=1S/C4H4S2.Cu/c5-4-1-2-6-3-4;/h1-3,5H;/q;+1/p-1. The summed E-state index contributed by atoms with van der Waals surface area (Å²) in [5.74, 6) is 0. The van der Waals surface area contributed by atoms with Gasteiger partial charge in [-0.1, -0.05) is 6.07 Å². The summed E-state index contributed by atoms with van der Waals surface area (Å²) >= 11 is 6.39. The van der Waals surface area contributed by atoms with Crippen molar-refractivity contribution in [1.82, 2.24) is 0 Å². The zero-order chi connectivity index (χ0) is 4.41. The molecule has 0 unspecified atom stereocenters. The second-order valence-corrected chi connectivity index (χ2v) is 2.21. The Balaban J connectivity index is 0.000000360. The molecule has 7 heavy (non-hydrogen) atoms. The Labute approximate surface area is 62.8 Å². The molecule has 0 fully saturated rings. The van der Waals surface area contributed by atoms with Crippen molar-refractivity contribution in [3.8, 4) is 0 Å². The molecule has 0 aliphatic heterocycles. The molecular weight excluding hydrogens is 176 g/mol. The molecule has 3 heteroatoms. The van der Waals surface area contributed by atoms with Gasteiger partial charge in [0.25, 0.3) is 0 Å². The van der Waals surface area contributed by atoms with E-state index in [9.17, 15) is 0 Å². The number of thiophene rings is 1. The van der Waals surface area contributed by atoms with Crippen LogP contribution in [0.25, 0.3) is 0 Å². The molecule has 0 saturated heterocycles. The molecule has 0 amide bonds. The summed E-state index contributed by atoms with van der Waals surface area (Å²) in [6.07, 6.45) is 0. The Morgan fingerprint density at radius 2 is 2.29 bits per heavy atom. The van der Waals surface area contributed by atoms with E-state index < -0.39 is 0 Å². The summed E-state index contributed by atoms with van der Waals surface area (Å²) in [6, 6.07) is 1.92. The van der Waals surface area contributed by atoms with Crippen LogP contribution in [-0.4, -0.2) is 0 Å². The van der Waals surface area contributed by atoms with E-state index >= 15 is 0 Å². The van der Waals surface area contributed by atoms with Gasteiger partial charge >= 0.3 is 17.1 Å². The van der Waals surface area contributed by atoms with Gasteiger partial charge < -0.3 is 12.6 Å². The quantitative estimate of drug-likeness (QED) is 0.430. The molecule has 0 atom stereocenters. The van der Waals surface area contributed by atoms with E-state index in [1.807, 2.05) is 16.8 Å². The van der Waals surface area contributed by atoms with Crippen molar-refractivity contribution in [2.75, 3.05) is 0 Å². The van der Waals surface area contributed by atoms with Crippen molar-refractivity contribution < 1.29 is 17.1 Å². The molecule has 0 aromatic carbocycles. The van der Waals surface area contributed by atoms with Crippen LogP contribution in [0.2, 0.25) is 0 Å². The predicted molar refractivity (Wildman–Crippen MR) is 29.9 cm³/mol. The van der Waals surface area contributed by atoms with Crippen molar-refractivity contribution in [2.45, 2.75) is 4.90 Å². The Bertz CT molecular complexity index is 113. The summed E-state index contributed by atoms with van der Waals surface area (Å²) in [7, 11) is 0. The van der Waals surface area contributed by atoms with Gasteiger partial charge in [0.1, 0.15) is 0 Å². The van der Waals surface area contributed by atoms with E-state index in [2.05, 4.69) is 0 Å². The molecule has 1 aromatic heterocycles. The average molecular weight is 179 g/mol. The number of hydrogen-bond acceptors (Lipinski definition) is 2. The molecule has 0 saturated carbocycles. The minimum atomic E-state index is 0. The van der Waals surface area contributed by atoms with Gasteiger partial charge in [0.05, 0.1) is 0 Å². The molecule has 1 heterocycles. The molecule has 0 spiro atoms. The van der Waals surface area contributed by atoms with Gasteiger partial charge in [-0.25, -0.2) is 0 Å². The van der Waals surface area contributed by atoms with Crippen LogP contribution in [0, 0.1) is 0 Å². The van der Waals surface area contributed by atoms with Crippen LogP contribution in [0.5, 0.6) is 0 Å². The van der Waals surface area contributed by atoms with E-state index in [1.165, 1.54) is 0 Å². The van der Waals surface area contributed by atoms with Gasteiger partial charge in [-0.05, 0) is 10.8 Å². The second-order valence-electron chi connectivity index (χ2n) is 0.959. The van der Waals surface area contributed by atoms with E-state index in [1.54, 1.807) is 11.3 Å². The Kier molecular flexibility index (Phi) is 3.66. The van der Waals surface area contributed by atoms with E-state index in [-0.39, 0.29) is 17.1 Å². The fourth-order valence-corrected chi connectivity index (χ4v) is 1.09. The molecule has 0 bridgehead atoms. The van der Waals surface area contributed by atoms with E-state index in [0.29, 0.717) is 0 Å². The first-order chi connectivity index (χ1) is 2.89. The minimum Gasteiger partial charge on any atom is -0.779 e. The zero-order valence-corrected chi connectivity index (χ0v) is 5.92. The molecule has 0 aliphatic carbocycles.